The average molecular weight is 635 g/mol. The van der Waals surface area contributed by atoms with Crippen LogP contribution in [0, 0.1) is 12.8 Å². The molecule has 2 rings (SSSR count). The smallest absolute Gasteiger partial charge is 0.324 e. The van der Waals surface area contributed by atoms with Crippen molar-refractivity contribution in [1.82, 2.24) is 19.3 Å². The first-order chi connectivity index (χ1) is 21.2. The van der Waals surface area contributed by atoms with Gasteiger partial charge in [-0.15, -0.1) is 0 Å². The molecule has 252 valence electrons. The van der Waals surface area contributed by atoms with E-state index in [0.29, 0.717) is 32.3 Å². The van der Waals surface area contributed by atoms with Gasteiger partial charge in [-0.2, -0.15) is 4.31 Å². The van der Waals surface area contributed by atoms with Crippen LogP contribution in [0.4, 0.5) is 0 Å². The van der Waals surface area contributed by atoms with Gasteiger partial charge in [0.15, 0.2) is 0 Å². The average Bonchev–Trinajstić information content (AvgIpc) is 3.38. The fourth-order valence-corrected chi connectivity index (χ4v) is 7.21. The normalized spacial score (nSPS) is 12.9. The van der Waals surface area contributed by atoms with Crippen molar-refractivity contribution in [3.63, 3.8) is 0 Å². The van der Waals surface area contributed by atoms with Crippen LogP contribution in [0.1, 0.15) is 148 Å². The van der Waals surface area contributed by atoms with Gasteiger partial charge in [0.25, 0.3) is 0 Å². The molecule has 1 atom stereocenters. The minimum atomic E-state index is -3.61. The van der Waals surface area contributed by atoms with E-state index in [4.69, 9.17) is 4.74 Å². The number of nitrogens with zero attached hydrogens (tertiary/aromatic N) is 3. The van der Waals surface area contributed by atoms with Crippen molar-refractivity contribution >= 4 is 27.0 Å². The quantitative estimate of drug-likeness (QED) is 0.0820. The summed E-state index contributed by atoms with van der Waals surface area (Å²) in [4.78, 5) is 25.2. The molecule has 2 heterocycles. The Morgan fingerprint density at radius 3 is 2.02 bits per heavy atom. The highest BCUT2D eigenvalue weighted by Gasteiger charge is 2.33. The molecular weight excluding hydrogens is 572 g/mol. The Balaban J connectivity index is 1.62. The first kappa shape index (κ1) is 38.2. The molecule has 44 heavy (non-hydrogen) atoms. The molecule has 9 heteroatoms. The lowest BCUT2D eigenvalue weighted by molar-refractivity contribution is -0.148. The fourth-order valence-electron chi connectivity index (χ4n) is 5.79. The number of ether oxygens (including phenoxy) is 1. The first-order valence-electron chi connectivity index (χ1n) is 17.6. The topological polar surface area (TPSA) is 105 Å². The van der Waals surface area contributed by atoms with Gasteiger partial charge in [0.1, 0.15) is 17.4 Å². The standard InChI is InChI=1S/C35H62N4O4S/c1-6-7-8-9-10-11-12-13-14-15-16-17-18-19-21-26-43-35(40)33(28-29(2)3)39(5)44(41,42)27-22-20-23-31-34-32(24-25-36-31)37-30(4)38-34/h24-25,29,33H,6-23,26-28H2,1-5H3,(H,37,38)/t33-/m0/s1. The van der Waals surface area contributed by atoms with Crippen molar-refractivity contribution in [3.8, 4) is 0 Å². The van der Waals surface area contributed by atoms with Crippen molar-refractivity contribution in [3.05, 3.63) is 23.8 Å². The number of imidazole rings is 1. The minimum Gasteiger partial charge on any atom is -0.464 e. The number of aromatic nitrogens is 3. The molecule has 0 amide bonds. The first-order valence-corrected chi connectivity index (χ1v) is 19.2. The molecule has 0 saturated heterocycles. The molecule has 0 radical (unpaired) electrons. The molecule has 0 aliphatic rings. The van der Waals surface area contributed by atoms with E-state index < -0.39 is 22.0 Å². The zero-order chi connectivity index (χ0) is 32.2. The Kier molecular flexibility index (Phi) is 18.8. The van der Waals surface area contributed by atoms with Crippen LogP contribution < -0.4 is 0 Å². The fraction of sp³-hybridized carbons (Fsp3) is 0.800. The molecule has 0 unspecified atom stereocenters. The highest BCUT2D eigenvalue weighted by Crippen LogP contribution is 2.20. The summed E-state index contributed by atoms with van der Waals surface area (Å²) in [6, 6.07) is 1.10. The summed E-state index contributed by atoms with van der Waals surface area (Å²) in [6.45, 7) is 8.53. The van der Waals surface area contributed by atoms with Gasteiger partial charge in [-0.05, 0) is 51.0 Å². The van der Waals surface area contributed by atoms with Crippen LogP contribution in [-0.2, 0) is 26.0 Å². The Bertz CT molecular complexity index is 1160. The molecular formula is C35H62N4O4S. The van der Waals surface area contributed by atoms with E-state index in [1.54, 1.807) is 6.20 Å². The van der Waals surface area contributed by atoms with Crippen LogP contribution in [0.3, 0.4) is 0 Å². The summed E-state index contributed by atoms with van der Waals surface area (Å²) >= 11 is 0. The predicted octanol–water partition coefficient (Wildman–Crippen LogP) is 8.68. The van der Waals surface area contributed by atoms with E-state index in [1.807, 2.05) is 26.8 Å². The van der Waals surface area contributed by atoms with E-state index >= 15 is 0 Å². The van der Waals surface area contributed by atoms with Crippen LogP contribution >= 0.6 is 0 Å². The molecule has 1 N–H and O–H groups in total. The predicted molar refractivity (Wildman–Crippen MR) is 182 cm³/mol. The van der Waals surface area contributed by atoms with Crippen molar-refractivity contribution in [1.29, 1.82) is 0 Å². The van der Waals surface area contributed by atoms with Crippen LogP contribution in [0.2, 0.25) is 0 Å². The van der Waals surface area contributed by atoms with Gasteiger partial charge >= 0.3 is 5.97 Å². The lowest BCUT2D eigenvalue weighted by atomic mass is 10.0. The van der Waals surface area contributed by atoms with Crippen LogP contribution in [0.25, 0.3) is 11.0 Å². The third-order valence-corrected chi connectivity index (χ3v) is 10.4. The summed E-state index contributed by atoms with van der Waals surface area (Å²) in [5.74, 6) is 0.556. The van der Waals surface area contributed by atoms with Gasteiger partial charge in [-0.25, -0.2) is 13.4 Å². The summed E-state index contributed by atoms with van der Waals surface area (Å²) in [5, 5.41) is 0. The number of pyridine rings is 1. The van der Waals surface area contributed by atoms with E-state index in [9.17, 15) is 13.2 Å². The number of carbonyl (C=O) groups excluding carboxylic acids is 1. The number of hydrogen-bond acceptors (Lipinski definition) is 6. The number of esters is 1. The molecule has 0 spiro atoms. The van der Waals surface area contributed by atoms with Crippen LogP contribution in [-0.4, -0.2) is 59.1 Å². The van der Waals surface area contributed by atoms with E-state index in [2.05, 4.69) is 21.9 Å². The highest BCUT2D eigenvalue weighted by molar-refractivity contribution is 7.89. The number of aromatic amines is 1. The lowest BCUT2D eigenvalue weighted by Crippen LogP contribution is -2.45. The number of likely N-dealkylation sites (N-methyl/N-ethyl adjacent to an activating group) is 1. The molecule has 0 aromatic carbocycles. The molecule has 0 fully saturated rings. The number of fused-ring (bicyclic) bond motifs is 1. The maximum absolute atomic E-state index is 13.2. The van der Waals surface area contributed by atoms with Gasteiger partial charge in [0, 0.05) is 13.2 Å². The van der Waals surface area contributed by atoms with E-state index in [-0.39, 0.29) is 11.7 Å². The molecule has 0 bridgehead atoms. The van der Waals surface area contributed by atoms with E-state index in [1.165, 1.54) is 88.4 Å². The number of hydrogen-bond donors (Lipinski definition) is 1. The van der Waals surface area contributed by atoms with Gasteiger partial charge in [0.05, 0.1) is 23.6 Å². The highest BCUT2D eigenvalue weighted by atomic mass is 32.2. The molecule has 0 aliphatic heterocycles. The lowest BCUT2D eigenvalue weighted by Gasteiger charge is -2.27. The summed E-state index contributed by atoms with van der Waals surface area (Å²) in [7, 11) is -2.09. The van der Waals surface area contributed by atoms with Gasteiger partial charge < -0.3 is 9.72 Å². The van der Waals surface area contributed by atoms with Crippen molar-refractivity contribution in [2.75, 3.05) is 19.4 Å². The number of carbonyl (C=O) groups is 1. The summed E-state index contributed by atoms with van der Waals surface area (Å²) in [5.41, 5.74) is 2.66. The second kappa shape index (κ2) is 21.7. The van der Waals surface area contributed by atoms with Gasteiger partial charge in [-0.3, -0.25) is 9.78 Å². The summed E-state index contributed by atoms with van der Waals surface area (Å²) < 4.78 is 33.2. The van der Waals surface area contributed by atoms with Gasteiger partial charge in [0.2, 0.25) is 10.0 Å². The zero-order valence-corrected chi connectivity index (χ0v) is 29.4. The van der Waals surface area contributed by atoms with Crippen molar-refractivity contribution < 1.29 is 17.9 Å². The minimum absolute atomic E-state index is 0.0139. The maximum atomic E-state index is 13.2. The number of aryl methyl sites for hydroxylation is 2. The molecule has 8 nitrogen and oxygen atoms in total. The number of sulfonamides is 1. The largest absolute Gasteiger partial charge is 0.464 e. The number of H-pyrrole nitrogens is 1. The van der Waals surface area contributed by atoms with Crippen molar-refractivity contribution in [2.45, 2.75) is 156 Å². The third kappa shape index (κ3) is 14.9. The molecule has 0 saturated carbocycles. The second-order valence-electron chi connectivity index (χ2n) is 13.0. The third-order valence-electron chi connectivity index (χ3n) is 8.50. The van der Waals surface area contributed by atoms with E-state index in [0.717, 1.165) is 41.8 Å². The Morgan fingerprint density at radius 1 is 0.886 bits per heavy atom. The Morgan fingerprint density at radius 2 is 1.45 bits per heavy atom. The number of unbranched alkanes of at least 4 members (excludes halogenated alkanes) is 15. The number of nitrogens with one attached hydrogen (secondary N) is 1. The summed E-state index contributed by atoms with van der Waals surface area (Å²) in [6.07, 6.45) is 23.2. The van der Waals surface area contributed by atoms with Crippen molar-refractivity contribution in [2.24, 2.45) is 5.92 Å². The van der Waals surface area contributed by atoms with Crippen LogP contribution in [0.5, 0.6) is 0 Å². The monoisotopic (exact) mass is 634 g/mol. The maximum Gasteiger partial charge on any atom is 0.324 e. The molecule has 2 aromatic heterocycles. The Hall–Kier alpha value is -2.00. The Labute approximate surface area is 268 Å². The second-order valence-corrected chi connectivity index (χ2v) is 15.2. The molecule has 2 aromatic rings. The zero-order valence-electron chi connectivity index (χ0n) is 28.5. The SMILES string of the molecule is CCCCCCCCCCCCCCCCCOC(=O)[C@H](CC(C)C)N(C)S(=O)(=O)CCCCc1nccc2[nH]c(C)nc12. The van der Waals surface area contributed by atoms with Crippen LogP contribution in [0.15, 0.2) is 12.3 Å². The number of rotatable bonds is 26. The van der Waals surface area contributed by atoms with Gasteiger partial charge in [-0.1, -0.05) is 111 Å². The molecule has 0 aliphatic carbocycles.